The van der Waals surface area contributed by atoms with Gasteiger partial charge in [0.15, 0.2) is 0 Å². The molecule has 53 heavy (non-hydrogen) atoms. The molecule has 0 aliphatic carbocycles. The molecule has 0 radical (unpaired) electrons. The van der Waals surface area contributed by atoms with E-state index in [1.165, 1.54) is 6.08 Å². The van der Waals surface area contributed by atoms with Gasteiger partial charge in [-0.15, -0.1) is 0 Å². The molecule has 2 aromatic carbocycles. The van der Waals surface area contributed by atoms with Gasteiger partial charge in [-0.05, 0) is 125 Å². The van der Waals surface area contributed by atoms with Crippen LogP contribution >= 0.6 is 11.6 Å². The number of carbonyl (C=O) groups is 2. The van der Waals surface area contributed by atoms with E-state index in [0.717, 1.165) is 117 Å². The molecule has 4 heterocycles. The number of benzene rings is 2. The SMILES string of the molecule is C=CC(=O)N1CCC(N(CC)c2cc(-c3ccc(CN4CCC(N5CCOCC5)CC4)c(Cl)c3)cc(C(=O)NCc3c(C)cc(C)[nH]c3=O)c2C)CC1. The van der Waals surface area contributed by atoms with E-state index in [9.17, 15) is 14.4 Å². The van der Waals surface area contributed by atoms with Gasteiger partial charge in [0.2, 0.25) is 5.91 Å². The van der Waals surface area contributed by atoms with Crippen molar-refractivity contribution >= 4 is 29.1 Å². The first kappa shape index (κ1) is 38.8. The van der Waals surface area contributed by atoms with E-state index in [1.54, 1.807) is 0 Å². The first-order valence-electron chi connectivity index (χ1n) is 19.2. The molecular formula is C42H55ClN6O4. The van der Waals surface area contributed by atoms with Crippen LogP contribution in [0.2, 0.25) is 5.02 Å². The zero-order valence-electron chi connectivity index (χ0n) is 31.8. The van der Waals surface area contributed by atoms with E-state index in [-0.39, 0.29) is 30.0 Å². The van der Waals surface area contributed by atoms with E-state index in [4.69, 9.17) is 16.3 Å². The van der Waals surface area contributed by atoms with Crippen LogP contribution in [0.1, 0.15) is 70.9 Å². The molecule has 1 aromatic heterocycles. The Labute approximate surface area is 319 Å². The van der Waals surface area contributed by atoms with Gasteiger partial charge in [-0.25, -0.2) is 0 Å². The van der Waals surface area contributed by atoms with Gasteiger partial charge in [-0.2, -0.15) is 0 Å². The fourth-order valence-corrected chi connectivity index (χ4v) is 8.64. The molecule has 2 N–H and O–H groups in total. The summed E-state index contributed by atoms with van der Waals surface area (Å²) in [6, 6.07) is 13.1. The first-order valence-corrected chi connectivity index (χ1v) is 19.6. The molecule has 0 unspecified atom stereocenters. The standard InChI is InChI=1S/C42H55ClN6O4/c1-6-40(50)48-16-12-35(13-17-48)49(7-2)39-25-33(23-36(30(39)5)41(51)44-26-37-28(3)22-29(4)45-42(37)52)31-8-9-32(38(43)24-31)27-46-14-10-34(11-15-46)47-18-20-53-21-19-47/h6,8-9,22-25,34-35H,1,7,10-21,26-27H2,2-5H3,(H,44,51)(H,45,52). The Morgan fingerprint density at radius 2 is 1.70 bits per heavy atom. The molecular weight excluding hydrogens is 688 g/mol. The van der Waals surface area contributed by atoms with Crippen LogP contribution in [0.4, 0.5) is 5.69 Å². The van der Waals surface area contributed by atoms with Gasteiger partial charge in [0.05, 0.1) is 13.2 Å². The van der Waals surface area contributed by atoms with Crippen molar-refractivity contribution in [2.45, 2.75) is 78.6 Å². The number of ether oxygens (including phenoxy) is 1. The third-order valence-electron chi connectivity index (χ3n) is 11.5. The molecule has 3 aliphatic rings. The number of amides is 2. The van der Waals surface area contributed by atoms with Crippen LogP contribution in [0.5, 0.6) is 0 Å². The molecule has 6 rings (SSSR count). The maximum atomic E-state index is 14.0. The van der Waals surface area contributed by atoms with Crippen LogP contribution in [0, 0.1) is 20.8 Å². The summed E-state index contributed by atoms with van der Waals surface area (Å²) in [5.41, 5.74) is 7.32. The fraction of sp³-hybridized carbons (Fsp3) is 0.500. The summed E-state index contributed by atoms with van der Waals surface area (Å²) in [5, 5.41) is 3.76. The summed E-state index contributed by atoms with van der Waals surface area (Å²) < 4.78 is 5.56. The van der Waals surface area contributed by atoms with Gasteiger partial charge in [0.25, 0.3) is 11.5 Å². The second-order valence-corrected chi connectivity index (χ2v) is 15.2. The summed E-state index contributed by atoms with van der Waals surface area (Å²) >= 11 is 7.03. The number of hydrogen-bond acceptors (Lipinski definition) is 7. The number of pyridine rings is 1. The summed E-state index contributed by atoms with van der Waals surface area (Å²) in [6.07, 6.45) is 5.33. The molecule has 0 saturated carbocycles. The van der Waals surface area contributed by atoms with Crippen LogP contribution in [0.3, 0.4) is 0 Å². The second-order valence-electron chi connectivity index (χ2n) is 14.8. The molecule has 3 saturated heterocycles. The number of aryl methyl sites for hydroxylation is 2. The molecule has 3 aliphatic heterocycles. The number of nitrogens with one attached hydrogen (secondary N) is 2. The van der Waals surface area contributed by atoms with Gasteiger partial charge in [0, 0.05) is 85.4 Å². The van der Waals surface area contributed by atoms with Crippen molar-refractivity contribution in [1.29, 1.82) is 0 Å². The first-order chi connectivity index (χ1) is 25.6. The molecule has 2 amide bonds. The zero-order valence-corrected chi connectivity index (χ0v) is 32.6. The van der Waals surface area contributed by atoms with Crippen molar-refractivity contribution in [1.82, 2.24) is 25.0 Å². The van der Waals surface area contributed by atoms with E-state index in [2.05, 4.69) is 56.7 Å². The number of rotatable bonds is 11. The number of H-pyrrole nitrogens is 1. The summed E-state index contributed by atoms with van der Waals surface area (Å²) in [7, 11) is 0. The Morgan fingerprint density at radius 1 is 0.981 bits per heavy atom. The van der Waals surface area contributed by atoms with Crippen molar-refractivity contribution in [3.05, 3.63) is 97.9 Å². The number of anilines is 1. The van der Waals surface area contributed by atoms with Crippen molar-refractivity contribution in [3.8, 4) is 11.1 Å². The lowest BCUT2D eigenvalue weighted by molar-refractivity contribution is -0.127. The zero-order chi connectivity index (χ0) is 37.6. The van der Waals surface area contributed by atoms with Crippen molar-refractivity contribution in [3.63, 3.8) is 0 Å². The molecule has 0 bridgehead atoms. The summed E-state index contributed by atoms with van der Waals surface area (Å²) in [4.78, 5) is 51.3. The number of aromatic nitrogens is 1. The normalized spacial score (nSPS) is 17.9. The quantitative estimate of drug-likeness (QED) is 0.238. The predicted molar refractivity (Wildman–Crippen MR) is 213 cm³/mol. The van der Waals surface area contributed by atoms with Crippen molar-refractivity contribution in [2.75, 3.05) is 63.9 Å². The highest BCUT2D eigenvalue weighted by molar-refractivity contribution is 6.31. The van der Waals surface area contributed by atoms with Gasteiger partial charge < -0.3 is 24.8 Å². The second kappa shape index (κ2) is 17.5. The largest absolute Gasteiger partial charge is 0.379 e. The fourth-order valence-electron chi connectivity index (χ4n) is 8.40. The lowest BCUT2D eigenvalue weighted by Crippen LogP contribution is -2.48. The third-order valence-corrected chi connectivity index (χ3v) is 11.8. The monoisotopic (exact) mass is 742 g/mol. The number of carbonyl (C=O) groups excluding carboxylic acids is 2. The highest BCUT2D eigenvalue weighted by Gasteiger charge is 2.29. The highest BCUT2D eigenvalue weighted by atomic mass is 35.5. The Bertz CT molecular complexity index is 1850. The van der Waals surface area contributed by atoms with Gasteiger partial charge in [-0.3, -0.25) is 24.2 Å². The lowest BCUT2D eigenvalue weighted by atomic mass is 9.94. The van der Waals surface area contributed by atoms with Gasteiger partial charge >= 0.3 is 0 Å². The van der Waals surface area contributed by atoms with Crippen LogP contribution in [-0.2, 0) is 22.6 Å². The molecule has 3 fully saturated rings. The topological polar surface area (TPSA) is 101 Å². The predicted octanol–water partition coefficient (Wildman–Crippen LogP) is 5.85. The minimum Gasteiger partial charge on any atom is -0.379 e. The average Bonchev–Trinajstić information content (AvgIpc) is 3.16. The Hall–Kier alpha value is -3.96. The minimum atomic E-state index is -0.240. The maximum absolute atomic E-state index is 14.0. The Balaban J connectivity index is 1.25. The molecule has 11 heteroatoms. The molecule has 0 atom stereocenters. The van der Waals surface area contributed by atoms with E-state index in [0.29, 0.717) is 35.3 Å². The average molecular weight is 743 g/mol. The number of morpholine rings is 1. The highest BCUT2D eigenvalue weighted by Crippen LogP contribution is 2.36. The third kappa shape index (κ3) is 9.06. The molecule has 0 spiro atoms. The maximum Gasteiger partial charge on any atom is 0.253 e. The lowest BCUT2D eigenvalue weighted by Gasteiger charge is -2.40. The smallest absolute Gasteiger partial charge is 0.253 e. The van der Waals surface area contributed by atoms with Gasteiger partial charge in [0.1, 0.15) is 0 Å². The summed E-state index contributed by atoms with van der Waals surface area (Å²) in [5.74, 6) is -0.278. The Kier molecular flexibility index (Phi) is 12.8. The van der Waals surface area contributed by atoms with Crippen LogP contribution < -0.4 is 15.8 Å². The number of aromatic amines is 1. The summed E-state index contributed by atoms with van der Waals surface area (Å²) in [6.45, 7) is 20.3. The Morgan fingerprint density at radius 3 is 2.34 bits per heavy atom. The molecule has 3 aromatic rings. The minimum absolute atomic E-state index is 0.0379. The van der Waals surface area contributed by atoms with Gasteiger partial charge in [-0.1, -0.05) is 30.3 Å². The molecule has 10 nitrogen and oxygen atoms in total. The number of likely N-dealkylation sites (tertiary alicyclic amines) is 2. The van der Waals surface area contributed by atoms with E-state index < -0.39 is 0 Å². The number of piperidine rings is 2. The van der Waals surface area contributed by atoms with Crippen molar-refractivity contribution < 1.29 is 14.3 Å². The number of hydrogen-bond donors (Lipinski definition) is 2. The van der Waals surface area contributed by atoms with E-state index in [1.807, 2.05) is 43.9 Å². The van der Waals surface area contributed by atoms with Crippen LogP contribution in [0.15, 0.2) is 53.8 Å². The van der Waals surface area contributed by atoms with E-state index >= 15 is 0 Å². The number of halogens is 1. The van der Waals surface area contributed by atoms with Crippen molar-refractivity contribution in [2.24, 2.45) is 0 Å². The van der Waals surface area contributed by atoms with Crippen LogP contribution in [0.25, 0.3) is 11.1 Å². The molecule has 284 valence electrons. The number of nitrogens with zero attached hydrogens (tertiary/aromatic N) is 4. The van der Waals surface area contributed by atoms with Crippen LogP contribution in [-0.4, -0.2) is 103 Å².